The van der Waals surface area contributed by atoms with E-state index in [0.29, 0.717) is 6.23 Å². The van der Waals surface area contributed by atoms with Crippen molar-refractivity contribution in [2.24, 2.45) is 0 Å². The van der Waals surface area contributed by atoms with Gasteiger partial charge in [0.05, 0.1) is 0 Å². The molecule has 1 amide bonds. The minimum Gasteiger partial charge on any atom is -0.444 e. The van der Waals surface area contributed by atoms with Crippen molar-refractivity contribution >= 4 is 6.09 Å². The normalized spacial score (nSPS) is 12.0. The molecule has 0 aromatic heterocycles. The summed E-state index contributed by atoms with van der Waals surface area (Å²) < 4.78 is 5.02. The van der Waals surface area contributed by atoms with Crippen molar-refractivity contribution in [2.75, 3.05) is 14.1 Å². The van der Waals surface area contributed by atoms with Crippen molar-refractivity contribution in [2.45, 2.75) is 33.3 Å². The second-order valence-corrected chi connectivity index (χ2v) is 4.09. The maximum atomic E-state index is 11.2. The molecule has 0 bridgehead atoms. The van der Waals surface area contributed by atoms with E-state index in [1.165, 1.54) is 5.06 Å². The van der Waals surface area contributed by atoms with Gasteiger partial charge in [-0.15, -0.1) is 0 Å². The Bertz CT molecular complexity index is 187. The van der Waals surface area contributed by atoms with Gasteiger partial charge in [-0.1, -0.05) is 0 Å². The van der Waals surface area contributed by atoms with E-state index >= 15 is 0 Å². The first-order valence-electron chi connectivity index (χ1n) is 4.39. The molecule has 1 N–H and O–H groups in total. The summed E-state index contributed by atoms with van der Waals surface area (Å²) in [7, 11) is 3.44. The van der Waals surface area contributed by atoms with E-state index in [9.17, 15) is 4.79 Å². The fourth-order valence-corrected chi connectivity index (χ4v) is 0.744. The van der Waals surface area contributed by atoms with E-state index in [-0.39, 0.29) is 0 Å². The Kier molecular flexibility index (Phi) is 4.87. The molecule has 0 aromatic rings. The van der Waals surface area contributed by atoms with E-state index in [2.05, 4.69) is 5.32 Å². The van der Waals surface area contributed by atoms with E-state index in [1.807, 2.05) is 0 Å². The monoisotopic (exact) mass is 203 g/mol. The maximum Gasteiger partial charge on any atom is 0.410 e. The summed E-state index contributed by atoms with van der Waals surface area (Å²) in [4.78, 5) is 16.3. The lowest BCUT2D eigenvalue weighted by Crippen LogP contribution is -2.36. The van der Waals surface area contributed by atoms with Crippen molar-refractivity contribution in [3.8, 4) is 0 Å². The summed E-state index contributed by atoms with van der Waals surface area (Å²) in [6, 6.07) is 0. The zero-order valence-corrected chi connectivity index (χ0v) is 9.67. The van der Waals surface area contributed by atoms with Crippen molar-refractivity contribution in [1.82, 2.24) is 10.4 Å². The highest BCUT2D eigenvalue weighted by molar-refractivity contribution is 5.68. The van der Waals surface area contributed by atoms with Gasteiger partial charge in [-0.2, -0.15) is 5.06 Å². The van der Waals surface area contributed by atoms with Crippen LogP contribution in [0.4, 0.5) is 4.79 Å². The quantitative estimate of drug-likeness (QED) is 0.706. The highest BCUT2D eigenvalue weighted by atomic mass is 16.7. The lowest BCUT2D eigenvalue weighted by molar-refractivity contribution is -0.116. The van der Waals surface area contributed by atoms with Crippen molar-refractivity contribution in [1.29, 1.82) is 0 Å². The van der Waals surface area contributed by atoms with Gasteiger partial charge in [0, 0.05) is 14.1 Å². The Labute approximate surface area is 85.3 Å². The molecule has 0 spiro atoms. The predicted molar refractivity (Wildman–Crippen MR) is 53.1 cm³/mol. The van der Waals surface area contributed by atoms with Crippen LogP contribution in [0.25, 0.3) is 0 Å². The second kappa shape index (κ2) is 5.17. The van der Waals surface area contributed by atoms with Crippen LogP contribution in [0.2, 0.25) is 0 Å². The molecular formula is C9H19N2O3. The summed E-state index contributed by atoms with van der Waals surface area (Å²) in [6.07, 6.45) is -0.138. The van der Waals surface area contributed by atoms with Crippen molar-refractivity contribution < 1.29 is 14.4 Å². The van der Waals surface area contributed by atoms with E-state index in [1.54, 1.807) is 41.8 Å². The van der Waals surface area contributed by atoms with Gasteiger partial charge >= 0.3 is 6.09 Å². The van der Waals surface area contributed by atoms with Gasteiger partial charge in [0.2, 0.25) is 6.23 Å². The smallest absolute Gasteiger partial charge is 0.410 e. The standard InChI is InChI=1S/C9H19N2O3/c1-7(14-11(5)6)10-8(12)13-9(2,3)4/h1-6H3,(H,10,12). The van der Waals surface area contributed by atoms with Crippen LogP contribution in [0.3, 0.4) is 0 Å². The maximum absolute atomic E-state index is 11.2. The van der Waals surface area contributed by atoms with Crippen LogP contribution in [-0.2, 0) is 9.57 Å². The van der Waals surface area contributed by atoms with Crippen LogP contribution in [0.1, 0.15) is 27.7 Å². The molecular weight excluding hydrogens is 184 g/mol. The van der Waals surface area contributed by atoms with Crippen molar-refractivity contribution in [3.05, 3.63) is 6.23 Å². The molecule has 14 heavy (non-hydrogen) atoms. The lowest BCUT2D eigenvalue weighted by atomic mass is 10.2. The Hall–Kier alpha value is -0.810. The zero-order chi connectivity index (χ0) is 11.4. The van der Waals surface area contributed by atoms with Crippen LogP contribution < -0.4 is 5.32 Å². The molecule has 0 aliphatic carbocycles. The molecule has 0 aliphatic heterocycles. The van der Waals surface area contributed by atoms with Gasteiger partial charge in [-0.3, -0.25) is 10.2 Å². The van der Waals surface area contributed by atoms with E-state index in [0.717, 1.165) is 0 Å². The van der Waals surface area contributed by atoms with Gasteiger partial charge in [0.15, 0.2) is 0 Å². The molecule has 0 unspecified atom stereocenters. The Morgan fingerprint density at radius 1 is 1.29 bits per heavy atom. The summed E-state index contributed by atoms with van der Waals surface area (Å²) in [5, 5.41) is 3.94. The molecule has 0 rings (SSSR count). The average molecular weight is 203 g/mol. The lowest BCUT2D eigenvalue weighted by Gasteiger charge is -2.22. The molecule has 0 atom stereocenters. The minimum absolute atomic E-state index is 0.379. The number of hydrogen-bond acceptors (Lipinski definition) is 4. The Morgan fingerprint density at radius 2 is 1.79 bits per heavy atom. The van der Waals surface area contributed by atoms with Crippen LogP contribution in [0.15, 0.2) is 0 Å². The minimum atomic E-state index is -0.517. The third-order valence-corrected chi connectivity index (χ3v) is 0.996. The highest BCUT2D eigenvalue weighted by Crippen LogP contribution is 2.07. The van der Waals surface area contributed by atoms with Gasteiger partial charge in [-0.25, -0.2) is 4.79 Å². The summed E-state index contributed by atoms with van der Waals surface area (Å²) in [5.41, 5.74) is -0.498. The summed E-state index contributed by atoms with van der Waals surface area (Å²) >= 11 is 0. The molecule has 5 nitrogen and oxygen atoms in total. The van der Waals surface area contributed by atoms with Gasteiger partial charge in [0.1, 0.15) is 5.60 Å². The molecule has 0 saturated carbocycles. The molecule has 1 radical (unpaired) electrons. The van der Waals surface area contributed by atoms with E-state index in [4.69, 9.17) is 9.57 Å². The number of nitrogens with zero attached hydrogens (tertiary/aromatic N) is 1. The molecule has 0 saturated heterocycles. The average Bonchev–Trinajstić information content (AvgIpc) is 1.77. The largest absolute Gasteiger partial charge is 0.444 e. The van der Waals surface area contributed by atoms with Crippen LogP contribution in [0, 0.1) is 6.23 Å². The third-order valence-electron chi connectivity index (χ3n) is 0.996. The molecule has 5 heteroatoms. The third kappa shape index (κ3) is 7.82. The number of amides is 1. The van der Waals surface area contributed by atoms with Crippen molar-refractivity contribution in [3.63, 3.8) is 0 Å². The Balaban J connectivity index is 3.83. The Morgan fingerprint density at radius 3 is 2.14 bits per heavy atom. The molecule has 0 fully saturated rings. The van der Waals surface area contributed by atoms with Crippen LogP contribution in [0.5, 0.6) is 0 Å². The molecule has 0 heterocycles. The number of rotatable bonds is 3. The first kappa shape index (κ1) is 13.2. The first-order valence-corrected chi connectivity index (χ1v) is 4.39. The number of alkyl carbamates (subject to hydrolysis) is 1. The topological polar surface area (TPSA) is 50.8 Å². The zero-order valence-electron chi connectivity index (χ0n) is 9.67. The number of carbonyl (C=O) groups excluding carboxylic acids is 1. The summed E-state index contributed by atoms with van der Waals surface area (Å²) in [6.45, 7) is 7.04. The van der Waals surface area contributed by atoms with Gasteiger partial charge in [0.25, 0.3) is 0 Å². The van der Waals surface area contributed by atoms with Crippen LogP contribution in [-0.4, -0.2) is 30.9 Å². The fourth-order valence-electron chi connectivity index (χ4n) is 0.744. The number of hydroxylamine groups is 2. The predicted octanol–water partition coefficient (Wildman–Crippen LogP) is 1.51. The number of hydrogen-bond donors (Lipinski definition) is 1. The van der Waals surface area contributed by atoms with Crippen LogP contribution >= 0.6 is 0 Å². The van der Waals surface area contributed by atoms with E-state index < -0.39 is 11.7 Å². The highest BCUT2D eigenvalue weighted by Gasteiger charge is 2.18. The SMILES string of the molecule is C[C](NC(=O)OC(C)(C)C)ON(C)C. The second-order valence-electron chi connectivity index (χ2n) is 4.09. The number of carbonyl (C=O) groups is 1. The molecule has 0 aromatic carbocycles. The molecule has 0 aliphatic rings. The fraction of sp³-hybridized carbons (Fsp3) is 0.778. The summed E-state index contributed by atoms with van der Waals surface area (Å²) in [5.74, 6) is 0. The van der Waals surface area contributed by atoms with Gasteiger partial charge in [-0.05, 0) is 27.7 Å². The van der Waals surface area contributed by atoms with Gasteiger partial charge < -0.3 is 4.74 Å². The number of ether oxygens (including phenoxy) is 1. The molecule has 83 valence electrons. The first-order chi connectivity index (χ1) is 6.20. The number of nitrogens with one attached hydrogen (secondary N) is 1.